The Morgan fingerprint density at radius 1 is 1.16 bits per heavy atom. The molecule has 1 heterocycles. The number of aryl methyl sites for hydroxylation is 2. The van der Waals surface area contributed by atoms with Crippen LogP contribution in [0.15, 0.2) is 47.4 Å². The Bertz CT molecular complexity index is 1030. The molecule has 2 N–H and O–H groups in total. The standard InChI is InChI=1S/C24H33N3O3S/c1-17(2)15-27-11-10-20(16-27)14-25-24(28)23-13-22(9-8-19(23)4)31(29,30)26-21-7-5-6-18(3)12-21/h5-9,12-13,17,20,26H,10-11,14-16H2,1-4H3,(H,25,28)/t20-/m1/s1. The molecule has 0 aliphatic carbocycles. The lowest BCUT2D eigenvalue weighted by atomic mass is 10.1. The maximum Gasteiger partial charge on any atom is 0.261 e. The van der Waals surface area contributed by atoms with Gasteiger partial charge in [-0.25, -0.2) is 8.42 Å². The molecule has 0 unspecified atom stereocenters. The Morgan fingerprint density at radius 3 is 2.65 bits per heavy atom. The first-order valence-corrected chi connectivity index (χ1v) is 12.3. The van der Waals surface area contributed by atoms with Crippen molar-refractivity contribution in [2.75, 3.05) is 30.9 Å². The Labute approximate surface area is 186 Å². The van der Waals surface area contributed by atoms with Crippen molar-refractivity contribution < 1.29 is 13.2 Å². The number of benzene rings is 2. The summed E-state index contributed by atoms with van der Waals surface area (Å²) in [5, 5.41) is 3.01. The molecule has 168 valence electrons. The van der Waals surface area contributed by atoms with E-state index in [-0.39, 0.29) is 10.8 Å². The first-order valence-electron chi connectivity index (χ1n) is 10.8. The first-order chi connectivity index (χ1) is 14.6. The molecule has 0 radical (unpaired) electrons. The Hall–Kier alpha value is -2.38. The second kappa shape index (κ2) is 9.83. The highest BCUT2D eigenvalue weighted by Crippen LogP contribution is 2.21. The van der Waals surface area contributed by atoms with Crippen LogP contribution >= 0.6 is 0 Å². The summed E-state index contributed by atoms with van der Waals surface area (Å²) >= 11 is 0. The van der Waals surface area contributed by atoms with Crippen LogP contribution in [-0.2, 0) is 10.0 Å². The largest absolute Gasteiger partial charge is 0.352 e. The molecule has 31 heavy (non-hydrogen) atoms. The van der Waals surface area contributed by atoms with Gasteiger partial charge >= 0.3 is 0 Å². The molecule has 0 spiro atoms. The summed E-state index contributed by atoms with van der Waals surface area (Å²) in [7, 11) is -3.79. The number of sulfonamides is 1. The van der Waals surface area contributed by atoms with Crippen molar-refractivity contribution in [3.63, 3.8) is 0 Å². The number of anilines is 1. The predicted octanol–water partition coefficient (Wildman–Crippen LogP) is 3.81. The van der Waals surface area contributed by atoms with E-state index in [9.17, 15) is 13.2 Å². The minimum absolute atomic E-state index is 0.0775. The van der Waals surface area contributed by atoms with Gasteiger partial charge in [0.2, 0.25) is 0 Å². The van der Waals surface area contributed by atoms with Gasteiger partial charge in [-0.2, -0.15) is 0 Å². The minimum atomic E-state index is -3.79. The summed E-state index contributed by atoms with van der Waals surface area (Å²) in [6, 6.07) is 11.8. The Balaban J connectivity index is 1.67. The summed E-state index contributed by atoms with van der Waals surface area (Å²) in [6.45, 7) is 11.9. The molecule has 1 aliphatic rings. The second-order valence-corrected chi connectivity index (χ2v) is 10.7. The molecule has 0 bridgehead atoms. The molecule has 0 saturated carbocycles. The van der Waals surface area contributed by atoms with E-state index < -0.39 is 10.0 Å². The second-order valence-electron chi connectivity index (χ2n) is 8.97. The van der Waals surface area contributed by atoms with Crippen LogP contribution in [0.5, 0.6) is 0 Å². The SMILES string of the molecule is Cc1cccc(NS(=O)(=O)c2ccc(C)c(C(=O)NC[C@H]3CCN(CC(C)C)C3)c2)c1. The van der Waals surface area contributed by atoms with Crippen molar-refractivity contribution in [3.05, 3.63) is 59.2 Å². The van der Waals surface area contributed by atoms with E-state index in [1.54, 1.807) is 24.3 Å². The molecule has 1 aliphatic heterocycles. The van der Waals surface area contributed by atoms with Gasteiger partial charge in [0.25, 0.3) is 15.9 Å². The normalized spacial score (nSPS) is 17.1. The number of nitrogens with one attached hydrogen (secondary N) is 2. The van der Waals surface area contributed by atoms with Gasteiger partial charge in [-0.1, -0.05) is 32.0 Å². The summed E-state index contributed by atoms with van der Waals surface area (Å²) in [5.74, 6) is 0.833. The van der Waals surface area contributed by atoms with Crippen molar-refractivity contribution in [1.29, 1.82) is 0 Å². The van der Waals surface area contributed by atoms with Crippen molar-refractivity contribution in [2.45, 2.75) is 39.0 Å². The van der Waals surface area contributed by atoms with E-state index >= 15 is 0 Å². The summed E-state index contributed by atoms with van der Waals surface area (Å²) in [4.78, 5) is 15.3. The maximum absolute atomic E-state index is 12.8. The van der Waals surface area contributed by atoms with Gasteiger partial charge in [-0.05, 0) is 74.0 Å². The van der Waals surface area contributed by atoms with Crippen LogP contribution < -0.4 is 10.0 Å². The fourth-order valence-electron chi connectivity index (χ4n) is 4.03. The van der Waals surface area contributed by atoms with Gasteiger partial charge in [0.15, 0.2) is 0 Å². The van der Waals surface area contributed by atoms with E-state index in [1.165, 1.54) is 12.1 Å². The van der Waals surface area contributed by atoms with Gasteiger partial charge in [0, 0.05) is 30.9 Å². The third kappa shape index (κ3) is 6.31. The quantitative estimate of drug-likeness (QED) is 0.650. The molecule has 2 aromatic carbocycles. The molecule has 2 aromatic rings. The van der Waals surface area contributed by atoms with Crippen molar-refractivity contribution in [3.8, 4) is 0 Å². The van der Waals surface area contributed by atoms with Gasteiger partial charge in [-0.15, -0.1) is 0 Å². The van der Waals surface area contributed by atoms with Gasteiger partial charge < -0.3 is 10.2 Å². The van der Waals surface area contributed by atoms with Gasteiger partial charge in [0.05, 0.1) is 4.90 Å². The number of hydrogen-bond donors (Lipinski definition) is 2. The van der Waals surface area contributed by atoms with Crippen LogP contribution in [0.3, 0.4) is 0 Å². The highest BCUT2D eigenvalue weighted by molar-refractivity contribution is 7.92. The third-order valence-corrected chi connectivity index (χ3v) is 6.96. The van der Waals surface area contributed by atoms with E-state index in [1.807, 2.05) is 19.9 Å². The number of hydrogen-bond acceptors (Lipinski definition) is 4. The highest BCUT2D eigenvalue weighted by atomic mass is 32.2. The Morgan fingerprint density at radius 2 is 1.94 bits per heavy atom. The first kappa shape index (κ1) is 23.3. The molecule has 0 aromatic heterocycles. The smallest absolute Gasteiger partial charge is 0.261 e. The number of rotatable bonds is 8. The summed E-state index contributed by atoms with van der Waals surface area (Å²) in [5.41, 5.74) is 2.60. The minimum Gasteiger partial charge on any atom is -0.352 e. The van der Waals surface area contributed by atoms with E-state index in [0.717, 1.165) is 37.2 Å². The summed E-state index contributed by atoms with van der Waals surface area (Å²) < 4.78 is 28.3. The number of carbonyl (C=O) groups is 1. The molecule has 3 rings (SSSR count). The highest BCUT2D eigenvalue weighted by Gasteiger charge is 2.24. The van der Waals surface area contributed by atoms with Crippen molar-refractivity contribution in [2.24, 2.45) is 11.8 Å². The van der Waals surface area contributed by atoms with E-state index in [2.05, 4.69) is 28.8 Å². The molecule has 1 amide bonds. The number of nitrogens with zero attached hydrogens (tertiary/aromatic N) is 1. The van der Waals surface area contributed by atoms with Crippen LogP contribution in [0.25, 0.3) is 0 Å². The van der Waals surface area contributed by atoms with Crippen LogP contribution in [0.2, 0.25) is 0 Å². The van der Waals surface area contributed by atoms with E-state index in [4.69, 9.17) is 0 Å². The lowest BCUT2D eigenvalue weighted by Crippen LogP contribution is -2.32. The average Bonchev–Trinajstić information content (AvgIpc) is 3.12. The molecular formula is C24H33N3O3S. The number of amides is 1. The van der Waals surface area contributed by atoms with Gasteiger partial charge in [0.1, 0.15) is 0 Å². The zero-order chi connectivity index (χ0) is 22.6. The number of carbonyl (C=O) groups excluding carboxylic acids is 1. The monoisotopic (exact) mass is 443 g/mol. The van der Waals surface area contributed by atoms with Crippen molar-refractivity contribution in [1.82, 2.24) is 10.2 Å². The molecule has 1 saturated heterocycles. The van der Waals surface area contributed by atoms with Crippen LogP contribution in [0.4, 0.5) is 5.69 Å². The Kier molecular flexibility index (Phi) is 7.38. The maximum atomic E-state index is 12.8. The fourth-order valence-corrected chi connectivity index (χ4v) is 5.10. The molecule has 1 atom stereocenters. The lowest BCUT2D eigenvalue weighted by molar-refractivity contribution is 0.0946. The zero-order valence-electron chi connectivity index (χ0n) is 18.8. The average molecular weight is 444 g/mol. The fraction of sp³-hybridized carbons (Fsp3) is 0.458. The van der Waals surface area contributed by atoms with Crippen LogP contribution in [0.1, 0.15) is 41.8 Å². The molecule has 6 nitrogen and oxygen atoms in total. The topological polar surface area (TPSA) is 78.5 Å². The predicted molar refractivity (Wildman–Crippen MR) is 125 cm³/mol. The molecule has 7 heteroatoms. The third-order valence-electron chi connectivity index (χ3n) is 5.58. The summed E-state index contributed by atoms with van der Waals surface area (Å²) in [6.07, 6.45) is 1.07. The number of likely N-dealkylation sites (tertiary alicyclic amines) is 1. The van der Waals surface area contributed by atoms with E-state index in [0.29, 0.717) is 29.6 Å². The van der Waals surface area contributed by atoms with Gasteiger partial charge in [-0.3, -0.25) is 9.52 Å². The van der Waals surface area contributed by atoms with Crippen LogP contribution in [0, 0.1) is 25.7 Å². The van der Waals surface area contributed by atoms with Crippen molar-refractivity contribution >= 4 is 21.6 Å². The lowest BCUT2D eigenvalue weighted by Gasteiger charge is -2.18. The molecule has 1 fully saturated rings. The zero-order valence-corrected chi connectivity index (χ0v) is 19.6. The van der Waals surface area contributed by atoms with Crippen LogP contribution in [-0.4, -0.2) is 45.4 Å². The molecular weight excluding hydrogens is 410 g/mol.